The Balaban J connectivity index is 1.86. The van der Waals surface area contributed by atoms with Crippen molar-refractivity contribution in [3.05, 3.63) is 35.9 Å². The minimum Gasteiger partial charge on any atom is -0.339 e. The summed E-state index contributed by atoms with van der Waals surface area (Å²) < 4.78 is 0. The molecule has 1 aliphatic carbocycles. The van der Waals surface area contributed by atoms with Gasteiger partial charge in [-0.05, 0) is 31.2 Å². The summed E-state index contributed by atoms with van der Waals surface area (Å²) in [6, 6.07) is 10.9. The van der Waals surface area contributed by atoms with Gasteiger partial charge in [-0.25, -0.2) is 0 Å². The van der Waals surface area contributed by atoms with Crippen LogP contribution in [0.3, 0.4) is 0 Å². The molecule has 0 bridgehead atoms. The Morgan fingerprint density at radius 2 is 1.90 bits per heavy atom. The lowest BCUT2D eigenvalue weighted by Gasteiger charge is -2.27. The fourth-order valence-electron chi connectivity index (χ4n) is 2.30. The van der Waals surface area contributed by atoms with Crippen molar-refractivity contribution in [1.82, 2.24) is 4.90 Å². The average Bonchev–Trinajstić information content (AvgIpc) is 3.27. The van der Waals surface area contributed by atoms with E-state index >= 15 is 0 Å². The van der Waals surface area contributed by atoms with Crippen molar-refractivity contribution in [2.75, 3.05) is 6.54 Å². The lowest BCUT2D eigenvalue weighted by molar-refractivity contribution is -0.131. The number of nitrogens with zero attached hydrogens (tertiary/aromatic N) is 1. The largest absolute Gasteiger partial charge is 0.339 e. The number of hydrogen-bond donors (Lipinski definition) is 0. The van der Waals surface area contributed by atoms with Crippen LogP contribution < -0.4 is 0 Å². The molecule has 0 N–H and O–H groups in total. The molecule has 1 atom stereocenters. The van der Waals surface area contributed by atoms with Crippen molar-refractivity contribution in [2.45, 2.75) is 50.7 Å². The fraction of sp³-hybridized carbons (Fsp3) is 0.588. The van der Waals surface area contributed by atoms with E-state index in [-0.39, 0.29) is 5.25 Å². The number of thioether (sulfide) groups is 1. The molecule has 1 saturated carbocycles. The van der Waals surface area contributed by atoms with Gasteiger partial charge in [-0.2, -0.15) is 0 Å². The summed E-state index contributed by atoms with van der Waals surface area (Å²) in [7, 11) is 0. The second-order valence-corrected chi connectivity index (χ2v) is 7.38. The Morgan fingerprint density at radius 1 is 1.25 bits per heavy atom. The highest BCUT2D eigenvalue weighted by Gasteiger charge is 2.34. The highest BCUT2D eigenvalue weighted by Crippen LogP contribution is 2.30. The minimum atomic E-state index is 0.0505. The predicted molar refractivity (Wildman–Crippen MR) is 86.8 cm³/mol. The van der Waals surface area contributed by atoms with Gasteiger partial charge in [0.15, 0.2) is 0 Å². The zero-order valence-electron chi connectivity index (χ0n) is 12.7. The highest BCUT2D eigenvalue weighted by molar-refractivity contribution is 7.99. The molecule has 1 unspecified atom stereocenters. The summed E-state index contributed by atoms with van der Waals surface area (Å²) in [5.74, 6) is 1.78. The van der Waals surface area contributed by atoms with E-state index in [9.17, 15) is 4.79 Å². The second kappa shape index (κ2) is 7.16. The predicted octanol–water partition coefficient (Wildman–Crippen LogP) is 3.96. The highest BCUT2D eigenvalue weighted by atomic mass is 32.2. The van der Waals surface area contributed by atoms with Crippen LogP contribution in [0.2, 0.25) is 0 Å². The van der Waals surface area contributed by atoms with Gasteiger partial charge in [0.1, 0.15) is 0 Å². The monoisotopic (exact) mass is 291 g/mol. The van der Waals surface area contributed by atoms with Crippen LogP contribution >= 0.6 is 11.8 Å². The van der Waals surface area contributed by atoms with E-state index in [1.807, 2.05) is 13.0 Å². The summed E-state index contributed by atoms with van der Waals surface area (Å²) in [5.41, 5.74) is 1.29. The maximum absolute atomic E-state index is 12.6. The van der Waals surface area contributed by atoms with Gasteiger partial charge < -0.3 is 4.90 Å². The second-order valence-electron chi connectivity index (χ2n) is 6.05. The lowest BCUT2D eigenvalue weighted by Crippen LogP contribution is -2.40. The molecule has 1 amide bonds. The summed E-state index contributed by atoms with van der Waals surface area (Å²) in [4.78, 5) is 14.7. The first-order chi connectivity index (χ1) is 9.58. The molecular weight excluding hydrogens is 266 g/mol. The van der Waals surface area contributed by atoms with Gasteiger partial charge in [0, 0.05) is 18.3 Å². The zero-order valence-corrected chi connectivity index (χ0v) is 13.5. The molecule has 0 aliphatic heterocycles. The Bertz CT molecular complexity index is 428. The Hall–Kier alpha value is -0.960. The standard InChI is InChI=1S/C17H25NOS/c1-13(2)11-18(16-9-10-16)17(19)14(3)20-12-15-7-5-4-6-8-15/h4-8,13-14,16H,9-12H2,1-3H3. The topological polar surface area (TPSA) is 20.3 Å². The van der Waals surface area contributed by atoms with Gasteiger partial charge in [0.25, 0.3) is 0 Å². The fourth-order valence-corrected chi connectivity index (χ4v) is 3.21. The third-order valence-corrected chi connectivity index (χ3v) is 4.72. The molecule has 2 nitrogen and oxygen atoms in total. The van der Waals surface area contributed by atoms with Crippen molar-refractivity contribution < 1.29 is 4.79 Å². The molecule has 1 aromatic carbocycles. The van der Waals surface area contributed by atoms with Gasteiger partial charge in [-0.1, -0.05) is 44.2 Å². The molecule has 20 heavy (non-hydrogen) atoms. The van der Waals surface area contributed by atoms with Crippen molar-refractivity contribution in [1.29, 1.82) is 0 Å². The number of rotatable bonds is 7. The maximum atomic E-state index is 12.6. The minimum absolute atomic E-state index is 0.0505. The van der Waals surface area contributed by atoms with Gasteiger partial charge in [-0.3, -0.25) is 4.79 Å². The van der Waals surface area contributed by atoms with Gasteiger partial charge in [-0.15, -0.1) is 11.8 Å². The Labute approximate surface area is 126 Å². The van der Waals surface area contributed by atoms with Crippen molar-refractivity contribution in [3.8, 4) is 0 Å². The average molecular weight is 291 g/mol. The molecule has 1 aliphatic rings. The molecule has 0 aromatic heterocycles. The van der Waals surface area contributed by atoms with Crippen LogP contribution in [-0.2, 0) is 10.5 Å². The van der Waals surface area contributed by atoms with Crippen LogP contribution in [0.4, 0.5) is 0 Å². The molecule has 3 heteroatoms. The third-order valence-electron chi connectivity index (χ3n) is 3.52. The van der Waals surface area contributed by atoms with E-state index < -0.39 is 0 Å². The molecule has 110 valence electrons. The molecule has 0 spiro atoms. The van der Waals surface area contributed by atoms with Gasteiger partial charge in [0.05, 0.1) is 5.25 Å². The van der Waals surface area contributed by atoms with Crippen LogP contribution in [0, 0.1) is 5.92 Å². The SMILES string of the molecule is CC(C)CN(C(=O)C(C)SCc1ccccc1)C1CC1. The van der Waals surface area contributed by atoms with Crippen molar-refractivity contribution in [2.24, 2.45) is 5.92 Å². The van der Waals surface area contributed by atoms with Crippen molar-refractivity contribution >= 4 is 17.7 Å². The first-order valence-electron chi connectivity index (χ1n) is 7.54. The van der Waals surface area contributed by atoms with Crippen LogP contribution in [0.1, 0.15) is 39.2 Å². The summed E-state index contributed by atoms with van der Waals surface area (Å²) in [6.07, 6.45) is 2.38. The number of carbonyl (C=O) groups is 1. The number of amides is 1. The summed E-state index contributed by atoms with van der Waals surface area (Å²) in [5, 5.41) is 0.0505. The molecule has 1 fully saturated rings. The van der Waals surface area contributed by atoms with E-state index in [1.54, 1.807) is 11.8 Å². The quantitative estimate of drug-likeness (QED) is 0.758. The number of carbonyl (C=O) groups excluding carboxylic acids is 1. The molecule has 0 radical (unpaired) electrons. The molecule has 1 aromatic rings. The number of benzene rings is 1. The first-order valence-corrected chi connectivity index (χ1v) is 8.58. The van der Waals surface area contributed by atoms with E-state index in [4.69, 9.17) is 0 Å². The van der Waals surface area contributed by atoms with E-state index in [2.05, 4.69) is 43.0 Å². The van der Waals surface area contributed by atoms with Gasteiger partial charge >= 0.3 is 0 Å². The van der Waals surface area contributed by atoms with Crippen LogP contribution in [0.15, 0.2) is 30.3 Å². The van der Waals surface area contributed by atoms with Crippen LogP contribution in [-0.4, -0.2) is 28.6 Å². The maximum Gasteiger partial charge on any atom is 0.235 e. The van der Waals surface area contributed by atoms with E-state index in [0.717, 1.165) is 12.3 Å². The van der Waals surface area contributed by atoms with E-state index in [0.29, 0.717) is 17.9 Å². The van der Waals surface area contributed by atoms with E-state index in [1.165, 1.54) is 18.4 Å². The van der Waals surface area contributed by atoms with Crippen LogP contribution in [0.5, 0.6) is 0 Å². The smallest absolute Gasteiger partial charge is 0.235 e. The molecule has 0 saturated heterocycles. The first kappa shape index (κ1) is 15.4. The number of hydrogen-bond acceptors (Lipinski definition) is 2. The van der Waals surface area contributed by atoms with Gasteiger partial charge in [0.2, 0.25) is 5.91 Å². The van der Waals surface area contributed by atoms with Crippen LogP contribution in [0.25, 0.3) is 0 Å². The summed E-state index contributed by atoms with van der Waals surface area (Å²) in [6.45, 7) is 7.32. The molecule has 0 heterocycles. The normalized spacial score (nSPS) is 16.2. The van der Waals surface area contributed by atoms with Crippen molar-refractivity contribution in [3.63, 3.8) is 0 Å². The zero-order chi connectivity index (χ0) is 14.5. The molecule has 2 rings (SSSR count). The summed E-state index contributed by atoms with van der Waals surface area (Å²) >= 11 is 1.75. The lowest BCUT2D eigenvalue weighted by atomic mass is 10.2. The Morgan fingerprint density at radius 3 is 2.45 bits per heavy atom. The molecular formula is C17H25NOS. The Kier molecular flexibility index (Phi) is 5.53. The third kappa shape index (κ3) is 4.55.